The molecule has 1 aromatic rings. The van der Waals surface area contributed by atoms with Crippen molar-refractivity contribution >= 4 is 5.91 Å². The van der Waals surface area contributed by atoms with Gasteiger partial charge in [-0.3, -0.25) is 9.69 Å². The van der Waals surface area contributed by atoms with Gasteiger partial charge in [-0.15, -0.1) is 0 Å². The molecule has 0 radical (unpaired) electrons. The number of nitrogens with zero attached hydrogens (tertiary/aromatic N) is 1. The number of carbonyl (C=O) groups excluding carboxylic acids is 1. The molecule has 0 spiro atoms. The maximum absolute atomic E-state index is 12.5. The van der Waals surface area contributed by atoms with Gasteiger partial charge in [0, 0.05) is 18.0 Å². The molecule has 1 aliphatic heterocycles. The summed E-state index contributed by atoms with van der Waals surface area (Å²) in [4.78, 5) is 15.0. The van der Waals surface area contributed by atoms with Crippen LogP contribution in [0.15, 0.2) is 24.3 Å². The van der Waals surface area contributed by atoms with E-state index in [-0.39, 0.29) is 17.9 Å². The minimum atomic E-state index is 0.111. The predicted molar refractivity (Wildman–Crippen MR) is 103 cm³/mol. The van der Waals surface area contributed by atoms with Crippen LogP contribution in [0.2, 0.25) is 0 Å². The van der Waals surface area contributed by atoms with Crippen LogP contribution in [0.25, 0.3) is 0 Å². The molecule has 0 saturated carbocycles. The number of piperidine rings is 1. The van der Waals surface area contributed by atoms with Crippen LogP contribution in [0.4, 0.5) is 0 Å². The molecule has 1 saturated heterocycles. The maximum Gasteiger partial charge on any atom is 0.223 e. The first-order chi connectivity index (χ1) is 12.1. The third-order valence-electron chi connectivity index (χ3n) is 5.58. The first kappa shape index (κ1) is 19.8. The molecule has 1 unspecified atom stereocenters. The highest BCUT2D eigenvalue weighted by Crippen LogP contribution is 2.32. The second-order valence-corrected chi connectivity index (χ2v) is 7.23. The third-order valence-corrected chi connectivity index (χ3v) is 5.58. The Labute approximate surface area is 152 Å². The lowest BCUT2D eigenvalue weighted by Gasteiger charge is -2.37. The Morgan fingerprint density at radius 2 is 1.88 bits per heavy atom. The summed E-state index contributed by atoms with van der Waals surface area (Å²) in [5.74, 6) is 1.98. The van der Waals surface area contributed by atoms with Crippen molar-refractivity contribution in [1.29, 1.82) is 0 Å². The largest absolute Gasteiger partial charge is 0.496 e. The number of amides is 1. The fourth-order valence-corrected chi connectivity index (χ4v) is 3.72. The lowest BCUT2D eigenvalue weighted by atomic mass is 9.95. The minimum Gasteiger partial charge on any atom is -0.496 e. The summed E-state index contributed by atoms with van der Waals surface area (Å²) < 4.78 is 5.60. The molecule has 1 aromatic carbocycles. The lowest BCUT2D eigenvalue weighted by molar-refractivity contribution is -0.125. The number of methoxy groups -OCH3 is 1. The minimum absolute atomic E-state index is 0.111. The number of ether oxygens (including phenoxy) is 1. The second kappa shape index (κ2) is 9.81. The van der Waals surface area contributed by atoms with Crippen molar-refractivity contribution in [2.45, 2.75) is 52.5 Å². The van der Waals surface area contributed by atoms with E-state index in [4.69, 9.17) is 4.74 Å². The molecule has 4 heteroatoms. The smallest absolute Gasteiger partial charge is 0.223 e. The third kappa shape index (κ3) is 5.21. The summed E-state index contributed by atoms with van der Waals surface area (Å²) in [6, 6.07) is 8.37. The zero-order valence-electron chi connectivity index (χ0n) is 16.3. The Morgan fingerprint density at radius 1 is 1.24 bits per heavy atom. The monoisotopic (exact) mass is 346 g/mol. The first-order valence-corrected chi connectivity index (χ1v) is 9.75. The van der Waals surface area contributed by atoms with Crippen molar-refractivity contribution in [2.24, 2.45) is 11.8 Å². The van der Waals surface area contributed by atoms with Crippen molar-refractivity contribution in [2.75, 3.05) is 26.7 Å². The summed E-state index contributed by atoms with van der Waals surface area (Å²) in [5, 5.41) is 3.21. The number of rotatable bonds is 8. The molecule has 25 heavy (non-hydrogen) atoms. The molecule has 140 valence electrons. The zero-order valence-corrected chi connectivity index (χ0v) is 16.3. The number of carbonyl (C=O) groups is 1. The van der Waals surface area contributed by atoms with E-state index in [0.29, 0.717) is 6.54 Å². The van der Waals surface area contributed by atoms with Gasteiger partial charge in [0.25, 0.3) is 0 Å². The highest BCUT2D eigenvalue weighted by molar-refractivity contribution is 5.78. The van der Waals surface area contributed by atoms with Gasteiger partial charge in [-0.05, 0) is 50.8 Å². The Hall–Kier alpha value is -1.55. The normalized spacial score (nSPS) is 17.5. The van der Waals surface area contributed by atoms with Gasteiger partial charge in [-0.1, -0.05) is 39.0 Å². The number of likely N-dealkylation sites (tertiary alicyclic amines) is 1. The van der Waals surface area contributed by atoms with E-state index in [1.807, 2.05) is 12.1 Å². The SMILES string of the molecule is CCC(CC)C(=O)NCC(c1ccccc1OC)N1CCC(C)CC1. The van der Waals surface area contributed by atoms with Gasteiger partial charge in [0.2, 0.25) is 5.91 Å². The Balaban J connectivity index is 2.16. The van der Waals surface area contributed by atoms with Crippen LogP contribution in [-0.2, 0) is 4.79 Å². The summed E-state index contributed by atoms with van der Waals surface area (Å²) >= 11 is 0. The summed E-state index contributed by atoms with van der Waals surface area (Å²) in [6.07, 6.45) is 4.21. The van der Waals surface area contributed by atoms with E-state index < -0.39 is 0 Å². The van der Waals surface area contributed by atoms with E-state index in [2.05, 4.69) is 43.1 Å². The second-order valence-electron chi connectivity index (χ2n) is 7.23. The van der Waals surface area contributed by atoms with Crippen molar-refractivity contribution in [3.63, 3.8) is 0 Å². The fourth-order valence-electron chi connectivity index (χ4n) is 3.72. The fraction of sp³-hybridized carbons (Fsp3) is 0.667. The van der Waals surface area contributed by atoms with Gasteiger partial charge in [0.05, 0.1) is 13.2 Å². The Kier molecular flexibility index (Phi) is 7.76. The topological polar surface area (TPSA) is 41.6 Å². The Bertz CT molecular complexity index is 534. The molecule has 0 aromatic heterocycles. The van der Waals surface area contributed by atoms with Crippen molar-refractivity contribution < 1.29 is 9.53 Å². The van der Waals surface area contributed by atoms with E-state index in [9.17, 15) is 4.79 Å². The number of nitrogens with one attached hydrogen (secondary N) is 1. The molecule has 1 N–H and O–H groups in total. The molecule has 1 fully saturated rings. The lowest BCUT2D eigenvalue weighted by Crippen LogP contribution is -2.43. The molecule has 1 amide bonds. The van der Waals surface area contributed by atoms with Gasteiger partial charge in [-0.2, -0.15) is 0 Å². The van der Waals surface area contributed by atoms with Crippen LogP contribution in [0, 0.1) is 11.8 Å². The summed E-state index contributed by atoms with van der Waals surface area (Å²) in [5.41, 5.74) is 1.17. The van der Waals surface area contributed by atoms with E-state index in [1.165, 1.54) is 18.4 Å². The van der Waals surface area contributed by atoms with Gasteiger partial charge >= 0.3 is 0 Å². The number of hydrogen-bond acceptors (Lipinski definition) is 3. The summed E-state index contributed by atoms with van der Waals surface area (Å²) in [7, 11) is 1.72. The van der Waals surface area contributed by atoms with Crippen LogP contribution >= 0.6 is 0 Å². The van der Waals surface area contributed by atoms with E-state index in [0.717, 1.165) is 37.6 Å². The average Bonchev–Trinajstić information content (AvgIpc) is 2.64. The predicted octanol–water partition coefficient (Wildman–Crippen LogP) is 4.02. The number of para-hydroxylation sites is 1. The molecule has 0 aliphatic carbocycles. The van der Waals surface area contributed by atoms with Gasteiger partial charge in [0.1, 0.15) is 5.75 Å². The molecule has 0 bridgehead atoms. The number of benzene rings is 1. The zero-order chi connectivity index (χ0) is 18.2. The standard InChI is InChI=1S/C21H34N2O2/c1-5-17(6-2)21(24)22-15-19(23-13-11-16(3)12-14-23)18-9-7-8-10-20(18)25-4/h7-10,16-17,19H,5-6,11-15H2,1-4H3,(H,22,24). The number of hydrogen-bond donors (Lipinski definition) is 1. The van der Waals surface area contributed by atoms with Crippen molar-refractivity contribution in [1.82, 2.24) is 10.2 Å². The Morgan fingerprint density at radius 3 is 2.48 bits per heavy atom. The molecule has 1 aliphatic rings. The first-order valence-electron chi connectivity index (χ1n) is 9.75. The molecule has 2 rings (SSSR count). The summed E-state index contributed by atoms with van der Waals surface area (Å²) in [6.45, 7) is 9.28. The van der Waals surface area contributed by atoms with Crippen molar-refractivity contribution in [3.05, 3.63) is 29.8 Å². The van der Waals surface area contributed by atoms with Crippen LogP contribution in [0.5, 0.6) is 5.75 Å². The average molecular weight is 347 g/mol. The van der Waals surface area contributed by atoms with E-state index in [1.54, 1.807) is 7.11 Å². The van der Waals surface area contributed by atoms with E-state index >= 15 is 0 Å². The molecule has 1 heterocycles. The van der Waals surface area contributed by atoms with Crippen LogP contribution in [0.1, 0.15) is 58.1 Å². The highest BCUT2D eigenvalue weighted by atomic mass is 16.5. The van der Waals surface area contributed by atoms with Crippen LogP contribution in [-0.4, -0.2) is 37.6 Å². The van der Waals surface area contributed by atoms with Crippen LogP contribution < -0.4 is 10.1 Å². The van der Waals surface area contributed by atoms with Gasteiger partial charge in [-0.25, -0.2) is 0 Å². The van der Waals surface area contributed by atoms with Crippen LogP contribution in [0.3, 0.4) is 0 Å². The molecule has 1 atom stereocenters. The van der Waals surface area contributed by atoms with Gasteiger partial charge in [0.15, 0.2) is 0 Å². The molecular weight excluding hydrogens is 312 g/mol. The molecular formula is C21H34N2O2. The highest BCUT2D eigenvalue weighted by Gasteiger charge is 2.27. The quantitative estimate of drug-likeness (QED) is 0.773. The maximum atomic E-state index is 12.5. The molecule has 4 nitrogen and oxygen atoms in total. The van der Waals surface area contributed by atoms with Crippen molar-refractivity contribution in [3.8, 4) is 5.75 Å². The van der Waals surface area contributed by atoms with Gasteiger partial charge < -0.3 is 10.1 Å².